The van der Waals surface area contributed by atoms with Gasteiger partial charge in [-0.25, -0.2) is 13.4 Å². The molecule has 32 heavy (non-hydrogen) atoms. The van der Waals surface area contributed by atoms with E-state index in [2.05, 4.69) is 18.4 Å². The van der Waals surface area contributed by atoms with E-state index in [0.29, 0.717) is 37.4 Å². The zero-order chi connectivity index (χ0) is 23.3. The van der Waals surface area contributed by atoms with E-state index < -0.39 is 10.0 Å². The van der Waals surface area contributed by atoms with Gasteiger partial charge in [-0.3, -0.25) is 4.79 Å². The van der Waals surface area contributed by atoms with Crippen LogP contribution in [0.2, 0.25) is 0 Å². The van der Waals surface area contributed by atoms with Gasteiger partial charge in [-0.15, -0.1) is 0 Å². The molecule has 8 heteroatoms. The fourth-order valence-electron chi connectivity index (χ4n) is 4.59. The number of benzene rings is 1. The van der Waals surface area contributed by atoms with Crippen LogP contribution in [0, 0.1) is 5.92 Å². The zero-order valence-electron chi connectivity index (χ0n) is 20.0. The molecule has 0 aliphatic carbocycles. The third-order valence-corrected chi connectivity index (χ3v) is 8.57. The molecule has 0 spiro atoms. The zero-order valence-corrected chi connectivity index (χ0v) is 20.8. The second-order valence-electron chi connectivity index (χ2n) is 8.84. The number of imidazole rings is 1. The first-order valence-corrected chi connectivity index (χ1v) is 13.5. The summed E-state index contributed by atoms with van der Waals surface area (Å²) in [5.41, 5.74) is 1.61. The number of likely N-dealkylation sites (tertiary alicyclic amines) is 1. The quantitative estimate of drug-likeness (QED) is 0.563. The number of rotatable bonds is 9. The molecule has 1 aromatic carbocycles. The van der Waals surface area contributed by atoms with E-state index >= 15 is 0 Å². The van der Waals surface area contributed by atoms with E-state index in [-0.39, 0.29) is 10.8 Å². The van der Waals surface area contributed by atoms with E-state index in [9.17, 15) is 13.2 Å². The predicted molar refractivity (Wildman–Crippen MR) is 128 cm³/mol. The Morgan fingerprint density at radius 2 is 1.91 bits per heavy atom. The van der Waals surface area contributed by atoms with Crippen molar-refractivity contribution >= 4 is 27.0 Å². The number of aromatic nitrogens is 2. The van der Waals surface area contributed by atoms with Crippen molar-refractivity contribution in [2.24, 2.45) is 5.92 Å². The molecule has 0 N–H and O–H groups in total. The van der Waals surface area contributed by atoms with Gasteiger partial charge in [-0.05, 0) is 49.8 Å². The van der Waals surface area contributed by atoms with Gasteiger partial charge in [0, 0.05) is 45.6 Å². The van der Waals surface area contributed by atoms with Crippen molar-refractivity contribution in [3.8, 4) is 0 Å². The van der Waals surface area contributed by atoms with Gasteiger partial charge in [0.2, 0.25) is 15.9 Å². The van der Waals surface area contributed by atoms with E-state index in [1.54, 1.807) is 12.1 Å². The van der Waals surface area contributed by atoms with Gasteiger partial charge < -0.3 is 9.47 Å². The molecule has 0 saturated carbocycles. The molecule has 2 aromatic rings. The minimum absolute atomic E-state index is 0.194. The fraction of sp³-hybridized carbons (Fsp3) is 0.667. The number of fused-ring (bicyclic) bond motifs is 1. The summed E-state index contributed by atoms with van der Waals surface area (Å²) >= 11 is 0. The van der Waals surface area contributed by atoms with Crippen molar-refractivity contribution in [1.82, 2.24) is 18.8 Å². The molecule has 7 nitrogen and oxygen atoms in total. The molecule has 0 bridgehead atoms. The topological polar surface area (TPSA) is 75.5 Å². The van der Waals surface area contributed by atoms with Crippen LogP contribution in [0.5, 0.6) is 0 Å². The second kappa shape index (κ2) is 10.8. The first kappa shape index (κ1) is 24.7. The molecule has 1 fully saturated rings. The van der Waals surface area contributed by atoms with Crippen LogP contribution in [0.25, 0.3) is 11.0 Å². The number of nitrogens with zero attached hydrogens (tertiary/aromatic N) is 4. The molecular formula is C24H38N4O3S. The van der Waals surface area contributed by atoms with Crippen molar-refractivity contribution in [2.75, 3.05) is 26.2 Å². The molecule has 3 rings (SSSR count). The Morgan fingerprint density at radius 3 is 2.59 bits per heavy atom. The molecule has 1 amide bonds. The number of aryl methyl sites for hydroxylation is 2. The number of hydrogen-bond acceptors (Lipinski definition) is 4. The lowest BCUT2D eigenvalue weighted by atomic mass is 10.0. The Bertz CT molecular complexity index is 1030. The van der Waals surface area contributed by atoms with Crippen molar-refractivity contribution < 1.29 is 13.2 Å². The highest BCUT2D eigenvalue weighted by Crippen LogP contribution is 2.24. The summed E-state index contributed by atoms with van der Waals surface area (Å²) in [5, 5.41) is 0. The van der Waals surface area contributed by atoms with Crippen LogP contribution in [-0.2, 0) is 27.8 Å². The highest BCUT2D eigenvalue weighted by Gasteiger charge is 2.24. The van der Waals surface area contributed by atoms with Crippen molar-refractivity contribution in [3.63, 3.8) is 0 Å². The van der Waals surface area contributed by atoms with Gasteiger partial charge in [0.15, 0.2) is 0 Å². The maximum Gasteiger partial charge on any atom is 0.243 e. The molecule has 1 saturated heterocycles. The highest BCUT2D eigenvalue weighted by atomic mass is 32.2. The summed E-state index contributed by atoms with van der Waals surface area (Å²) in [5.74, 6) is 1.73. The number of amides is 1. The highest BCUT2D eigenvalue weighted by molar-refractivity contribution is 7.89. The third-order valence-electron chi connectivity index (χ3n) is 6.52. The molecule has 1 unspecified atom stereocenters. The van der Waals surface area contributed by atoms with Gasteiger partial charge >= 0.3 is 0 Å². The normalized spacial score (nSPS) is 17.8. The summed E-state index contributed by atoms with van der Waals surface area (Å²) in [7, 11) is -3.53. The van der Waals surface area contributed by atoms with Gasteiger partial charge in [0.05, 0.1) is 15.9 Å². The van der Waals surface area contributed by atoms with Gasteiger partial charge in [0.25, 0.3) is 0 Å². The molecule has 178 valence electrons. The predicted octanol–water partition coefficient (Wildman–Crippen LogP) is 4.06. The molecule has 1 aromatic heterocycles. The average Bonchev–Trinajstić information content (AvgIpc) is 2.95. The lowest BCUT2D eigenvalue weighted by Gasteiger charge is -2.20. The molecule has 2 heterocycles. The lowest BCUT2D eigenvalue weighted by molar-refractivity contribution is -0.131. The molecular weight excluding hydrogens is 424 g/mol. The lowest BCUT2D eigenvalue weighted by Crippen LogP contribution is -2.32. The van der Waals surface area contributed by atoms with Gasteiger partial charge in [-0.2, -0.15) is 4.31 Å². The summed E-state index contributed by atoms with van der Waals surface area (Å²) < 4.78 is 29.5. The van der Waals surface area contributed by atoms with E-state index in [1.165, 1.54) is 10.7 Å². The second-order valence-corrected chi connectivity index (χ2v) is 10.8. The standard InChI is InChI=1S/C24H38N4O3S/c1-5-15-28-22-11-10-20(32(30,31)27(6-2)7-3)18-21(22)25-23(28)12-13-24(29)26-16-8-9-19(4)14-17-26/h10-11,18-19H,5-9,12-17H2,1-4H3. The van der Waals surface area contributed by atoms with Crippen molar-refractivity contribution in [2.45, 2.75) is 77.7 Å². The third kappa shape index (κ3) is 5.34. The summed E-state index contributed by atoms with van der Waals surface area (Å²) in [6.07, 6.45) is 5.28. The van der Waals surface area contributed by atoms with E-state index in [1.807, 2.05) is 24.8 Å². The van der Waals surface area contributed by atoms with Crippen LogP contribution in [0.4, 0.5) is 0 Å². The molecule has 1 aliphatic rings. The summed E-state index contributed by atoms with van der Waals surface area (Å²) in [4.78, 5) is 19.9. The van der Waals surface area contributed by atoms with Crippen LogP contribution in [-0.4, -0.2) is 59.3 Å². The van der Waals surface area contributed by atoms with Crippen LogP contribution in [0.15, 0.2) is 23.1 Å². The van der Waals surface area contributed by atoms with Crippen LogP contribution in [0.1, 0.15) is 65.6 Å². The molecule has 1 aliphatic heterocycles. The fourth-order valence-corrected chi connectivity index (χ4v) is 6.06. The van der Waals surface area contributed by atoms with Gasteiger partial charge in [-0.1, -0.05) is 27.7 Å². The van der Waals surface area contributed by atoms with Gasteiger partial charge in [0.1, 0.15) is 5.82 Å². The molecule has 0 radical (unpaired) electrons. The Kier molecular flexibility index (Phi) is 8.33. The Morgan fingerprint density at radius 1 is 1.16 bits per heavy atom. The first-order valence-electron chi connectivity index (χ1n) is 12.1. The Balaban J connectivity index is 1.83. The molecule has 1 atom stereocenters. The van der Waals surface area contributed by atoms with E-state index in [4.69, 9.17) is 4.98 Å². The van der Waals surface area contributed by atoms with Crippen molar-refractivity contribution in [1.29, 1.82) is 0 Å². The maximum atomic E-state index is 12.9. The number of hydrogen-bond donors (Lipinski definition) is 0. The summed E-state index contributed by atoms with van der Waals surface area (Å²) in [6.45, 7) is 11.4. The number of carbonyl (C=O) groups excluding carboxylic acids is 1. The average molecular weight is 463 g/mol. The van der Waals surface area contributed by atoms with Crippen LogP contribution >= 0.6 is 0 Å². The largest absolute Gasteiger partial charge is 0.343 e. The maximum absolute atomic E-state index is 12.9. The number of sulfonamides is 1. The van der Waals surface area contributed by atoms with Crippen LogP contribution in [0.3, 0.4) is 0 Å². The SMILES string of the molecule is CCCn1c(CCC(=O)N2CCCC(C)CC2)nc2cc(S(=O)(=O)N(CC)CC)ccc21. The monoisotopic (exact) mass is 462 g/mol. The van der Waals surface area contributed by atoms with Crippen LogP contribution < -0.4 is 0 Å². The minimum atomic E-state index is -3.53. The first-order chi connectivity index (χ1) is 15.3. The summed E-state index contributed by atoms with van der Waals surface area (Å²) in [6, 6.07) is 5.21. The van der Waals surface area contributed by atoms with E-state index in [0.717, 1.165) is 50.2 Å². The number of carbonyl (C=O) groups is 1. The minimum Gasteiger partial charge on any atom is -0.343 e. The smallest absolute Gasteiger partial charge is 0.243 e. The van der Waals surface area contributed by atoms with Crippen molar-refractivity contribution in [3.05, 3.63) is 24.0 Å². The Labute approximate surface area is 192 Å². The Hall–Kier alpha value is -1.93.